The van der Waals surface area contributed by atoms with Crippen LogP contribution in [0.3, 0.4) is 0 Å². The summed E-state index contributed by atoms with van der Waals surface area (Å²) in [5.74, 6) is 0.423. The van der Waals surface area contributed by atoms with Crippen molar-refractivity contribution in [1.29, 1.82) is 5.26 Å². The van der Waals surface area contributed by atoms with Crippen LogP contribution in [-0.4, -0.2) is 65.8 Å². The van der Waals surface area contributed by atoms with Gasteiger partial charge in [-0.3, -0.25) is 19.4 Å². The van der Waals surface area contributed by atoms with Gasteiger partial charge in [0.05, 0.1) is 23.3 Å². The third kappa shape index (κ3) is 7.34. The Bertz CT molecular complexity index is 1530. The second-order valence-electron chi connectivity index (χ2n) is 12.3. The number of amides is 2. The summed E-state index contributed by atoms with van der Waals surface area (Å²) in [5, 5.41) is 12.0. The molecular formula is C36H39N5O4. The maximum absolute atomic E-state index is 13.2. The molecule has 2 saturated heterocycles. The largest absolute Gasteiger partial charge is 0.490 e. The van der Waals surface area contributed by atoms with E-state index in [0.717, 1.165) is 50.1 Å². The third-order valence-electron chi connectivity index (χ3n) is 9.32. The van der Waals surface area contributed by atoms with Gasteiger partial charge in [-0.1, -0.05) is 0 Å². The second-order valence-corrected chi connectivity index (χ2v) is 12.3. The third-order valence-corrected chi connectivity index (χ3v) is 9.32. The first-order valence-electron chi connectivity index (χ1n) is 16.1. The van der Waals surface area contributed by atoms with Crippen molar-refractivity contribution in [3.8, 4) is 11.8 Å². The summed E-state index contributed by atoms with van der Waals surface area (Å²) >= 11 is 0. The first-order valence-corrected chi connectivity index (χ1v) is 16.1. The van der Waals surface area contributed by atoms with Crippen LogP contribution in [0.25, 0.3) is 0 Å². The molecule has 2 aliphatic heterocycles. The molecule has 6 rings (SSSR count). The van der Waals surface area contributed by atoms with E-state index in [-0.39, 0.29) is 35.7 Å². The number of likely N-dealkylation sites (tertiary alicyclic amines) is 1. The summed E-state index contributed by atoms with van der Waals surface area (Å²) in [6.45, 7) is 3.15. The lowest BCUT2D eigenvalue weighted by molar-refractivity contribution is 0.0645. The van der Waals surface area contributed by atoms with Crippen LogP contribution in [0.5, 0.6) is 5.75 Å². The molecule has 0 spiro atoms. The van der Waals surface area contributed by atoms with E-state index in [4.69, 9.17) is 10.00 Å². The Hall–Kier alpha value is -4.71. The van der Waals surface area contributed by atoms with Crippen LogP contribution in [-0.2, 0) is 0 Å². The molecule has 2 aromatic carbocycles. The van der Waals surface area contributed by atoms with Crippen molar-refractivity contribution in [1.82, 2.24) is 15.2 Å². The van der Waals surface area contributed by atoms with Crippen LogP contribution < -0.4 is 15.0 Å². The van der Waals surface area contributed by atoms with Crippen molar-refractivity contribution in [2.24, 2.45) is 5.92 Å². The molecule has 45 heavy (non-hydrogen) atoms. The van der Waals surface area contributed by atoms with Crippen LogP contribution in [0.2, 0.25) is 0 Å². The maximum Gasteiger partial charge on any atom is 0.272 e. The zero-order chi connectivity index (χ0) is 31.2. The number of pyridine rings is 1. The minimum atomic E-state index is -0.203. The number of nitriles is 1. The Morgan fingerprint density at radius 2 is 1.47 bits per heavy atom. The highest BCUT2D eigenvalue weighted by molar-refractivity contribution is 5.99. The number of carbonyl (C=O) groups excluding carboxylic acids is 3. The normalized spacial score (nSPS) is 20.3. The molecular weight excluding hydrogens is 566 g/mol. The van der Waals surface area contributed by atoms with Gasteiger partial charge < -0.3 is 19.9 Å². The summed E-state index contributed by atoms with van der Waals surface area (Å²) in [7, 11) is 0. The molecule has 0 unspecified atom stereocenters. The van der Waals surface area contributed by atoms with Crippen molar-refractivity contribution in [2.75, 3.05) is 31.1 Å². The van der Waals surface area contributed by atoms with Crippen LogP contribution in [0.4, 0.5) is 5.69 Å². The van der Waals surface area contributed by atoms with E-state index >= 15 is 0 Å². The Morgan fingerprint density at radius 3 is 2.09 bits per heavy atom. The van der Waals surface area contributed by atoms with Gasteiger partial charge in [-0.15, -0.1) is 0 Å². The summed E-state index contributed by atoms with van der Waals surface area (Å²) in [6, 6.07) is 20.5. The Morgan fingerprint density at radius 1 is 0.800 bits per heavy atom. The molecule has 232 valence electrons. The van der Waals surface area contributed by atoms with Crippen molar-refractivity contribution < 1.29 is 19.1 Å². The molecule has 3 aliphatic rings. The smallest absolute Gasteiger partial charge is 0.272 e. The molecule has 1 aromatic heterocycles. The number of hydrogen-bond donors (Lipinski definition) is 1. The Balaban J connectivity index is 0.940. The lowest BCUT2D eigenvalue weighted by Crippen LogP contribution is -2.41. The molecule has 1 N–H and O–H groups in total. The van der Waals surface area contributed by atoms with E-state index < -0.39 is 0 Å². The van der Waals surface area contributed by atoms with Gasteiger partial charge in [0.15, 0.2) is 5.78 Å². The van der Waals surface area contributed by atoms with Gasteiger partial charge in [0.25, 0.3) is 11.8 Å². The number of carbonyl (C=O) groups is 3. The number of ketones is 1. The lowest BCUT2D eigenvalue weighted by atomic mass is 9.88. The zero-order valence-electron chi connectivity index (χ0n) is 25.5. The molecule has 1 aliphatic carbocycles. The van der Waals surface area contributed by atoms with Gasteiger partial charge >= 0.3 is 0 Å². The van der Waals surface area contributed by atoms with E-state index in [9.17, 15) is 14.4 Å². The quantitative estimate of drug-likeness (QED) is 0.342. The lowest BCUT2D eigenvalue weighted by Gasteiger charge is -2.31. The van der Waals surface area contributed by atoms with Crippen molar-refractivity contribution >= 4 is 23.3 Å². The molecule has 0 atom stereocenters. The molecule has 9 nitrogen and oxygen atoms in total. The first-order chi connectivity index (χ1) is 22.0. The summed E-state index contributed by atoms with van der Waals surface area (Å²) < 4.78 is 6.05. The predicted molar refractivity (Wildman–Crippen MR) is 170 cm³/mol. The number of nitrogens with one attached hydrogen (secondary N) is 1. The van der Waals surface area contributed by atoms with Crippen molar-refractivity contribution in [3.63, 3.8) is 0 Å². The fraction of sp³-hybridized carbons (Fsp3) is 0.417. The van der Waals surface area contributed by atoms with Crippen LogP contribution in [0, 0.1) is 17.2 Å². The minimum Gasteiger partial charge on any atom is -0.490 e. The molecule has 0 radical (unpaired) electrons. The van der Waals surface area contributed by atoms with Gasteiger partial charge in [0.1, 0.15) is 11.4 Å². The number of nitrogens with zero attached hydrogens (tertiary/aromatic N) is 4. The second kappa shape index (κ2) is 13.9. The van der Waals surface area contributed by atoms with Gasteiger partial charge in [0.2, 0.25) is 0 Å². The highest BCUT2D eigenvalue weighted by atomic mass is 16.5. The number of aromatic nitrogens is 1. The Kier molecular flexibility index (Phi) is 9.39. The highest BCUT2D eigenvalue weighted by Crippen LogP contribution is 2.27. The fourth-order valence-electron chi connectivity index (χ4n) is 6.60. The van der Waals surface area contributed by atoms with Gasteiger partial charge in [-0.25, -0.2) is 0 Å². The molecule has 3 fully saturated rings. The van der Waals surface area contributed by atoms with Gasteiger partial charge in [-0.2, -0.15) is 5.26 Å². The summed E-state index contributed by atoms with van der Waals surface area (Å²) in [4.78, 5) is 47.6. The van der Waals surface area contributed by atoms with E-state index in [1.807, 2.05) is 36.4 Å². The number of ether oxygens (including phenoxy) is 1. The zero-order valence-corrected chi connectivity index (χ0v) is 25.5. The predicted octanol–water partition coefficient (Wildman–Crippen LogP) is 5.41. The van der Waals surface area contributed by atoms with Crippen molar-refractivity contribution in [3.05, 3.63) is 89.2 Å². The SMILES string of the molecule is N#Cc1ccc(O[C@H]2CC[C@@H](NC(=O)c3ccc(C(=O)N4CCC(C(=O)c5ccc(N6CCCC6)cc5)CC4)nc3)CC2)cc1. The minimum absolute atomic E-state index is 0.0478. The topological polar surface area (TPSA) is 116 Å². The number of rotatable bonds is 8. The van der Waals surface area contributed by atoms with Crippen LogP contribution in [0.15, 0.2) is 66.9 Å². The first kappa shape index (κ1) is 30.3. The van der Waals surface area contributed by atoms with Gasteiger partial charge in [-0.05, 0) is 112 Å². The summed E-state index contributed by atoms with van der Waals surface area (Å²) in [5.41, 5.74) is 3.23. The average molecular weight is 606 g/mol. The van der Waals surface area contributed by atoms with Gasteiger partial charge in [0, 0.05) is 55.6 Å². The van der Waals surface area contributed by atoms with Crippen molar-refractivity contribution in [2.45, 2.75) is 63.5 Å². The molecule has 0 bridgehead atoms. The molecule has 9 heteroatoms. The Labute approximate surface area is 264 Å². The van der Waals surface area contributed by atoms with Crippen LogP contribution >= 0.6 is 0 Å². The summed E-state index contributed by atoms with van der Waals surface area (Å²) in [6.07, 6.45) is 8.48. The van der Waals surface area contributed by atoms with E-state index in [1.54, 1.807) is 29.2 Å². The molecule has 1 saturated carbocycles. The number of hydrogen-bond acceptors (Lipinski definition) is 7. The fourth-order valence-corrected chi connectivity index (χ4v) is 6.60. The van der Waals surface area contributed by atoms with E-state index in [1.165, 1.54) is 24.7 Å². The molecule has 2 amide bonds. The highest BCUT2D eigenvalue weighted by Gasteiger charge is 2.29. The standard InChI is InChI=1S/C36H39N5O4/c37-23-25-3-12-31(13-4-25)45-32-14-8-29(9-15-32)39-35(43)28-7-16-33(38-24-28)36(44)41-21-17-27(18-22-41)34(42)26-5-10-30(11-6-26)40-19-1-2-20-40/h3-7,10-13,16,24,27,29,32H,1-2,8-9,14-15,17-22H2,(H,39,43)/t29-,32+. The monoisotopic (exact) mass is 605 g/mol. The van der Waals surface area contributed by atoms with Crippen LogP contribution in [0.1, 0.15) is 88.1 Å². The number of Topliss-reactive ketones (excluding diaryl/α,β-unsaturated/α-hetero) is 1. The maximum atomic E-state index is 13.2. The molecule has 3 aromatic rings. The molecule has 3 heterocycles. The van der Waals surface area contributed by atoms with E-state index in [2.05, 4.69) is 21.3 Å². The number of anilines is 1. The van der Waals surface area contributed by atoms with E-state index in [0.29, 0.717) is 42.8 Å². The number of benzene rings is 2. The average Bonchev–Trinajstić information content (AvgIpc) is 3.64. The number of piperidine rings is 1.